The minimum atomic E-state index is 0.361. The summed E-state index contributed by atoms with van der Waals surface area (Å²) in [5, 5.41) is 1.32. The zero-order valence-electron chi connectivity index (χ0n) is 10.4. The summed E-state index contributed by atoms with van der Waals surface area (Å²) >= 11 is 7.65. The Kier molecular flexibility index (Phi) is 3.67. The number of halogens is 1. The standard InChI is InChI=1S/C15H10ClNO2S/c16-11-7-10(8-18)5-6-13(11)19-9-15-17-12-3-1-2-4-14(12)20-15/h1-8H,9H2. The Labute approximate surface area is 124 Å². The van der Waals surface area contributed by atoms with E-state index in [-0.39, 0.29) is 0 Å². The molecule has 0 saturated heterocycles. The van der Waals surface area contributed by atoms with Crippen LogP contribution >= 0.6 is 22.9 Å². The fraction of sp³-hybridized carbons (Fsp3) is 0.0667. The molecule has 0 aliphatic rings. The third kappa shape index (κ3) is 2.66. The largest absolute Gasteiger partial charge is 0.485 e. The highest BCUT2D eigenvalue weighted by atomic mass is 35.5. The second-order valence-corrected chi connectivity index (χ2v) is 5.69. The molecular formula is C15H10ClNO2S. The van der Waals surface area contributed by atoms with Crippen molar-refractivity contribution in [3.8, 4) is 5.75 Å². The fourth-order valence-electron chi connectivity index (χ4n) is 1.83. The van der Waals surface area contributed by atoms with Gasteiger partial charge in [-0.25, -0.2) is 4.98 Å². The van der Waals surface area contributed by atoms with Gasteiger partial charge in [0, 0.05) is 5.56 Å². The van der Waals surface area contributed by atoms with Gasteiger partial charge in [0.1, 0.15) is 23.7 Å². The number of nitrogens with zero attached hydrogens (tertiary/aromatic N) is 1. The number of para-hydroxylation sites is 1. The molecule has 3 rings (SSSR count). The van der Waals surface area contributed by atoms with Gasteiger partial charge in [-0.2, -0.15) is 0 Å². The van der Waals surface area contributed by atoms with Crippen LogP contribution in [0.4, 0.5) is 0 Å². The van der Waals surface area contributed by atoms with E-state index in [0.717, 1.165) is 21.5 Å². The Balaban J connectivity index is 1.77. The minimum Gasteiger partial charge on any atom is -0.485 e. The van der Waals surface area contributed by atoms with Gasteiger partial charge in [-0.3, -0.25) is 4.79 Å². The van der Waals surface area contributed by atoms with E-state index in [2.05, 4.69) is 4.98 Å². The first kappa shape index (κ1) is 13.1. The molecule has 0 bridgehead atoms. The second kappa shape index (κ2) is 5.61. The average Bonchev–Trinajstić information content (AvgIpc) is 2.88. The van der Waals surface area contributed by atoms with Crippen molar-refractivity contribution >= 4 is 39.4 Å². The lowest BCUT2D eigenvalue weighted by Crippen LogP contribution is -1.95. The lowest BCUT2D eigenvalue weighted by molar-refractivity contribution is 0.112. The molecule has 20 heavy (non-hydrogen) atoms. The predicted molar refractivity (Wildman–Crippen MR) is 80.8 cm³/mol. The molecule has 0 saturated carbocycles. The molecular weight excluding hydrogens is 294 g/mol. The van der Waals surface area contributed by atoms with Crippen LogP contribution in [0.25, 0.3) is 10.2 Å². The van der Waals surface area contributed by atoms with Gasteiger partial charge in [0.2, 0.25) is 0 Å². The van der Waals surface area contributed by atoms with Crippen LogP contribution < -0.4 is 4.74 Å². The van der Waals surface area contributed by atoms with E-state index < -0.39 is 0 Å². The number of carbonyl (C=O) groups is 1. The number of thiazole rings is 1. The normalized spacial score (nSPS) is 10.7. The van der Waals surface area contributed by atoms with Crippen LogP contribution in [0.15, 0.2) is 42.5 Å². The molecule has 0 spiro atoms. The van der Waals surface area contributed by atoms with Gasteiger partial charge in [0.25, 0.3) is 0 Å². The molecule has 0 fully saturated rings. The van der Waals surface area contributed by atoms with Crippen molar-refractivity contribution in [3.63, 3.8) is 0 Å². The first-order valence-electron chi connectivity index (χ1n) is 5.98. The average molecular weight is 304 g/mol. The number of aromatic nitrogens is 1. The highest BCUT2D eigenvalue weighted by Crippen LogP contribution is 2.27. The summed E-state index contributed by atoms with van der Waals surface area (Å²) in [5.41, 5.74) is 1.50. The lowest BCUT2D eigenvalue weighted by atomic mass is 10.2. The van der Waals surface area contributed by atoms with Gasteiger partial charge >= 0.3 is 0 Å². The minimum absolute atomic E-state index is 0.361. The Bertz CT molecular complexity index is 736. The molecule has 0 radical (unpaired) electrons. The first-order chi connectivity index (χ1) is 9.76. The van der Waals surface area contributed by atoms with Crippen LogP contribution in [0.5, 0.6) is 5.75 Å². The second-order valence-electron chi connectivity index (χ2n) is 4.17. The van der Waals surface area contributed by atoms with E-state index in [9.17, 15) is 4.79 Å². The number of carbonyl (C=O) groups excluding carboxylic acids is 1. The maximum Gasteiger partial charge on any atom is 0.150 e. The maximum absolute atomic E-state index is 10.6. The monoisotopic (exact) mass is 303 g/mol. The van der Waals surface area contributed by atoms with Crippen molar-refractivity contribution in [1.82, 2.24) is 4.98 Å². The van der Waals surface area contributed by atoms with Gasteiger partial charge in [-0.15, -0.1) is 11.3 Å². The zero-order chi connectivity index (χ0) is 13.9. The van der Waals surface area contributed by atoms with E-state index >= 15 is 0 Å². The topological polar surface area (TPSA) is 39.2 Å². The molecule has 5 heteroatoms. The smallest absolute Gasteiger partial charge is 0.150 e. The fourth-order valence-corrected chi connectivity index (χ4v) is 2.95. The maximum atomic E-state index is 10.6. The summed E-state index contributed by atoms with van der Waals surface area (Å²) in [6, 6.07) is 12.9. The quantitative estimate of drug-likeness (QED) is 0.673. The van der Waals surface area contributed by atoms with E-state index in [1.165, 1.54) is 0 Å². The molecule has 100 valence electrons. The highest BCUT2D eigenvalue weighted by molar-refractivity contribution is 7.18. The molecule has 0 amide bonds. The molecule has 0 aliphatic carbocycles. The molecule has 3 aromatic rings. The van der Waals surface area contributed by atoms with Gasteiger partial charge in [-0.1, -0.05) is 23.7 Å². The van der Waals surface area contributed by atoms with Crippen LogP contribution in [0.1, 0.15) is 15.4 Å². The van der Waals surface area contributed by atoms with Crippen LogP contribution in [-0.2, 0) is 6.61 Å². The molecule has 3 nitrogen and oxygen atoms in total. The van der Waals surface area contributed by atoms with Gasteiger partial charge < -0.3 is 4.74 Å². The van der Waals surface area contributed by atoms with Crippen LogP contribution in [0.2, 0.25) is 5.02 Å². The van der Waals surface area contributed by atoms with E-state index in [0.29, 0.717) is 22.9 Å². The third-order valence-corrected chi connectivity index (χ3v) is 4.09. The third-order valence-electron chi connectivity index (χ3n) is 2.78. The van der Waals surface area contributed by atoms with Gasteiger partial charge in [0.05, 0.1) is 15.2 Å². The van der Waals surface area contributed by atoms with E-state index in [1.807, 2.05) is 24.3 Å². The Morgan fingerprint density at radius 2 is 2.10 bits per heavy atom. The summed E-state index contributed by atoms with van der Waals surface area (Å²) in [6.07, 6.45) is 0.753. The number of benzene rings is 2. The molecule has 0 N–H and O–H groups in total. The molecule has 2 aromatic carbocycles. The zero-order valence-corrected chi connectivity index (χ0v) is 11.9. The summed E-state index contributed by atoms with van der Waals surface area (Å²) in [7, 11) is 0. The van der Waals surface area contributed by atoms with Crippen LogP contribution in [0.3, 0.4) is 0 Å². The SMILES string of the molecule is O=Cc1ccc(OCc2nc3ccccc3s2)c(Cl)c1. The van der Waals surface area contributed by atoms with Gasteiger partial charge in [-0.05, 0) is 30.3 Å². The Morgan fingerprint density at radius 1 is 1.25 bits per heavy atom. The molecule has 1 aromatic heterocycles. The number of hydrogen-bond acceptors (Lipinski definition) is 4. The summed E-state index contributed by atoms with van der Waals surface area (Å²) in [4.78, 5) is 15.1. The van der Waals surface area contributed by atoms with Crippen LogP contribution in [0, 0.1) is 0 Å². The molecule has 0 atom stereocenters. The number of rotatable bonds is 4. The van der Waals surface area contributed by atoms with E-state index in [1.54, 1.807) is 29.5 Å². The molecule has 0 aliphatic heterocycles. The van der Waals surface area contributed by atoms with E-state index in [4.69, 9.17) is 16.3 Å². The Hall–Kier alpha value is -1.91. The summed E-state index contributed by atoms with van der Waals surface area (Å²) in [5.74, 6) is 0.552. The first-order valence-corrected chi connectivity index (χ1v) is 7.18. The number of hydrogen-bond donors (Lipinski definition) is 0. The van der Waals surface area contributed by atoms with Crippen molar-refractivity contribution in [2.45, 2.75) is 6.61 Å². The summed E-state index contributed by atoms with van der Waals surface area (Å²) < 4.78 is 6.78. The molecule has 0 unspecified atom stereocenters. The lowest BCUT2D eigenvalue weighted by Gasteiger charge is -2.06. The molecule has 1 heterocycles. The summed E-state index contributed by atoms with van der Waals surface area (Å²) in [6.45, 7) is 0.361. The van der Waals surface area contributed by atoms with Crippen molar-refractivity contribution in [2.24, 2.45) is 0 Å². The predicted octanol–water partition coefficient (Wildman–Crippen LogP) is 4.34. The Morgan fingerprint density at radius 3 is 2.85 bits per heavy atom. The van der Waals surface area contributed by atoms with Crippen molar-refractivity contribution in [1.29, 1.82) is 0 Å². The number of fused-ring (bicyclic) bond motifs is 1. The van der Waals surface area contributed by atoms with Gasteiger partial charge in [0.15, 0.2) is 0 Å². The number of ether oxygens (including phenoxy) is 1. The van der Waals surface area contributed by atoms with Crippen molar-refractivity contribution in [2.75, 3.05) is 0 Å². The number of aldehydes is 1. The van der Waals surface area contributed by atoms with Crippen molar-refractivity contribution in [3.05, 3.63) is 58.1 Å². The highest BCUT2D eigenvalue weighted by Gasteiger charge is 2.06. The van der Waals surface area contributed by atoms with Crippen LogP contribution in [-0.4, -0.2) is 11.3 Å². The van der Waals surface area contributed by atoms with Crippen molar-refractivity contribution < 1.29 is 9.53 Å².